The number of nitrogens with one attached hydrogen (secondary N) is 1. The van der Waals surface area contributed by atoms with Crippen LogP contribution in [0.4, 0.5) is 13.2 Å². The monoisotopic (exact) mass is 625 g/mol. The maximum Gasteiger partial charge on any atom is 0.416 e. The molecule has 238 valence electrons. The van der Waals surface area contributed by atoms with Gasteiger partial charge >= 0.3 is 30.1 Å². The zero-order valence-electron chi connectivity index (χ0n) is 23.2. The van der Waals surface area contributed by atoms with Crippen LogP contribution in [0.5, 0.6) is 5.75 Å². The second kappa shape index (κ2) is 17.6. The third-order valence-corrected chi connectivity index (χ3v) is 5.66. The quantitative estimate of drug-likeness (QED) is 0.234. The van der Waals surface area contributed by atoms with Crippen LogP contribution in [0.1, 0.15) is 40.0 Å². The molecule has 2 aromatic rings. The second-order valence-corrected chi connectivity index (χ2v) is 9.07. The van der Waals surface area contributed by atoms with Gasteiger partial charge in [0.2, 0.25) is 0 Å². The number of benzene rings is 1. The first-order valence-electron chi connectivity index (χ1n) is 12.6. The first-order valence-corrected chi connectivity index (χ1v) is 12.6. The third-order valence-electron chi connectivity index (χ3n) is 5.66. The maximum atomic E-state index is 12.8. The summed E-state index contributed by atoms with van der Waals surface area (Å²) in [7, 11) is 0. The van der Waals surface area contributed by atoms with Crippen molar-refractivity contribution in [3.63, 3.8) is 0 Å². The van der Waals surface area contributed by atoms with E-state index in [1.807, 2.05) is 0 Å². The van der Waals surface area contributed by atoms with E-state index in [0.29, 0.717) is 67.9 Å². The maximum absolute atomic E-state index is 12.8. The van der Waals surface area contributed by atoms with Gasteiger partial charge in [-0.15, -0.1) is 0 Å². The van der Waals surface area contributed by atoms with Gasteiger partial charge in [-0.3, -0.25) is 9.69 Å². The Bertz CT molecular complexity index is 1320. The van der Waals surface area contributed by atoms with Gasteiger partial charge in [0.15, 0.2) is 5.69 Å². The van der Waals surface area contributed by atoms with Gasteiger partial charge < -0.3 is 30.8 Å². The summed E-state index contributed by atoms with van der Waals surface area (Å²) in [5.41, 5.74) is 0.561. The van der Waals surface area contributed by atoms with Crippen molar-refractivity contribution in [2.75, 3.05) is 13.1 Å². The minimum absolute atomic E-state index is 0.00592. The Morgan fingerprint density at radius 2 is 1.41 bits per heavy atom. The summed E-state index contributed by atoms with van der Waals surface area (Å²) in [6.45, 7) is 3.45. The normalized spacial score (nSPS) is 13.7. The lowest BCUT2D eigenvalue weighted by Gasteiger charge is -2.32. The highest BCUT2D eigenvalue weighted by Crippen LogP contribution is 2.30. The van der Waals surface area contributed by atoms with Crippen molar-refractivity contribution in [1.29, 1.82) is 0 Å². The fourth-order valence-corrected chi connectivity index (χ4v) is 3.60. The summed E-state index contributed by atoms with van der Waals surface area (Å²) in [5, 5.41) is 44.1. The van der Waals surface area contributed by atoms with Crippen molar-refractivity contribution in [1.82, 2.24) is 15.2 Å². The minimum atomic E-state index is -4.34. The van der Waals surface area contributed by atoms with E-state index in [0.717, 1.165) is 6.07 Å². The Balaban J connectivity index is 0.000000498. The fraction of sp³-hybridized carbons (Fsp3) is 0.286. The van der Waals surface area contributed by atoms with Gasteiger partial charge in [-0.25, -0.2) is 24.2 Å². The summed E-state index contributed by atoms with van der Waals surface area (Å²) >= 11 is 0. The average Bonchev–Trinajstić information content (AvgIpc) is 2.94. The number of aromatic nitrogens is 1. The number of hydrogen-bond donors (Lipinski definition) is 6. The highest BCUT2D eigenvalue weighted by Gasteiger charge is 2.30. The number of alkyl halides is 3. The molecule has 2 heterocycles. The number of aliphatic carboxylic acids is 4. The van der Waals surface area contributed by atoms with Gasteiger partial charge in [-0.1, -0.05) is 18.2 Å². The number of piperidine rings is 1. The number of nitrogens with zero attached hydrogens (tertiary/aromatic N) is 2. The topological polar surface area (TPSA) is 215 Å². The molecule has 16 heteroatoms. The van der Waals surface area contributed by atoms with E-state index in [1.54, 1.807) is 19.1 Å². The lowest BCUT2D eigenvalue weighted by atomic mass is 10.0. The van der Waals surface area contributed by atoms with Gasteiger partial charge in [-0.05, 0) is 43.0 Å². The molecule has 0 spiro atoms. The number of aromatic hydroxyl groups is 1. The molecule has 1 fully saturated rings. The molecule has 6 N–H and O–H groups in total. The first-order chi connectivity index (χ1) is 20.5. The van der Waals surface area contributed by atoms with Crippen molar-refractivity contribution in [3.05, 3.63) is 83.2 Å². The number of hydrogen-bond acceptors (Lipinski definition) is 8. The largest absolute Gasteiger partial charge is 0.505 e. The molecule has 0 saturated carbocycles. The van der Waals surface area contributed by atoms with Crippen molar-refractivity contribution in [2.24, 2.45) is 0 Å². The molecule has 13 nitrogen and oxygen atoms in total. The molecule has 3 rings (SSSR count). The van der Waals surface area contributed by atoms with Crippen LogP contribution in [-0.4, -0.2) is 84.3 Å². The van der Waals surface area contributed by atoms with Crippen LogP contribution in [0.2, 0.25) is 0 Å². The van der Waals surface area contributed by atoms with E-state index in [4.69, 9.17) is 20.4 Å². The molecule has 0 atom stereocenters. The SMILES string of the molecule is Cc1ccnc(C(=O)NC2CCN(Cc3cccc(C(F)(F)F)c3)CC2)c1O.O=C(O)/C=C\C(=O)O.O=C(O)/C=C\C(=O)O. The van der Waals surface area contributed by atoms with Crippen LogP contribution in [0, 0.1) is 6.92 Å². The van der Waals surface area contributed by atoms with Crippen molar-refractivity contribution >= 4 is 29.8 Å². The Morgan fingerprint density at radius 1 is 0.909 bits per heavy atom. The zero-order chi connectivity index (χ0) is 33.4. The number of carboxylic acids is 4. The minimum Gasteiger partial charge on any atom is -0.505 e. The zero-order valence-corrected chi connectivity index (χ0v) is 23.2. The summed E-state index contributed by atoms with van der Waals surface area (Å²) in [4.78, 5) is 56.6. The Labute approximate surface area is 248 Å². The Kier molecular flexibility index (Phi) is 14.7. The van der Waals surface area contributed by atoms with Crippen LogP contribution >= 0.6 is 0 Å². The Hall–Kier alpha value is -5.25. The highest BCUT2D eigenvalue weighted by atomic mass is 19.4. The number of amides is 1. The predicted octanol–water partition coefficient (Wildman–Crippen LogP) is 2.93. The highest BCUT2D eigenvalue weighted by molar-refractivity contribution is 5.95. The van der Waals surface area contributed by atoms with Crippen LogP contribution in [0.25, 0.3) is 0 Å². The predicted molar refractivity (Wildman–Crippen MR) is 147 cm³/mol. The fourth-order valence-electron chi connectivity index (χ4n) is 3.60. The molecule has 0 unspecified atom stereocenters. The van der Waals surface area contributed by atoms with Crippen molar-refractivity contribution in [2.45, 2.75) is 38.5 Å². The van der Waals surface area contributed by atoms with Gasteiger partial charge in [0.25, 0.3) is 5.91 Å². The van der Waals surface area contributed by atoms with E-state index in [-0.39, 0.29) is 17.5 Å². The number of pyridine rings is 1. The summed E-state index contributed by atoms with van der Waals surface area (Å²) < 4.78 is 38.5. The molecule has 1 amide bonds. The van der Waals surface area contributed by atoms with Crippen LogP contribution in [0.15, 0.2) is 60.8 Å². The smallest absolute Gasteiger partial charge is 0.416 e. The number of rotatable bonds is 8. The second-order valence-electron chi connectivity index (χ2n) is 9.07. The molecule has 0 aliphatic carbocycles. The Morgan fingerprint density at radius 3 is 1.86 bits per heavy atom. The van der Waals surface area contributed by atoms with Gasteiger partial charge in [0, 0.05) is 56.2 Å². The van der Waals surface area contributed by atoms with Crippen molar-refractivity contribution < 1.29 is 62.7 Å². The number of carboxylic acid groups (broad SMARTS) is 4. The van der Waals surface area contributed by atoms with Gasteiger partial charge in [-0.2, -0.15) is 13.2 Å². The molecule has 1 aromatic carbocycles. The standard InChI is InChI=1S/C20H22F3N3O2.2C4H4O4/c1-13-5-8-24-17(18(13)27)19(28)25-16-6-9-26(10-7-16)12-14-3-2-4-15(11-14)20(21,22)23;2*5-3(6)1-2-4(7)8/h2-5,8,11,16,27H,6-7,9-10,12H2,1H3,(H,25,28);2*1-2H,(H,5,6)(H,7,8)/b;2*2-1-. The van der Waals surface area contributed by atoms with Crippen LogP contribution in [0.3, 0.4) is 0 Å². The van der Waals surface area contributed by atoms with E-state index in [9.17, 15) is 42.3 Å². The van der Waals surface area contributed by atoms with E-state index in [1.165, 1.54) is 18.3 Å². The van der Waals surface area contributed by atoms with Crippen LogP contribution in [-0.2, 0) is 31.9 Å². The number of likely N-dealkylation sites (tertiary alicyclic amines) is 1. The van der Waals surface area contributed by atoms with Gasteiger partial charge in [0.05, 0.1) is 5.56 Å². The third kappa shape index (κ3) is 14.6. The molecule has 0 bridgehead atoms. The lowest BCUT2D eigenvalue weighted by Crippen LogP contribution is -2.44. The molecule has 0 radical (unpaired) electrons. The number of carbonyl (C=O) groups excluding carboxylic acids is 1. The molecule has 1 aliphatic heterocycles. The molecular formula is C28H30F3N3O10. The number of halogens is 3. The summed E-state index contributed by atoms with van der Waals surface area (Å²) in [6, 6.07) is 6.92. The molecule has 1 aromatic heterocycles. The van der Waals surface area contributed by atoms with E-state index >= 15 is 0 Å². The molecule has 1 aliphatic rings. The first kappa shape index (κ1) is 36.8. The van der Waals surface area contributed by atoms with Gasteiger partial charge in [0.1, 0.15) is 5.75 Å². The van der Waals surface area contributed by atoms with Crippen LogP contribution < -0.4 is 5.32 Å². The average molecular weight is 626 g/mol. The molecular weight excluding hydrogens is 595 g/mol. The van der Waals surface area contributed by atoms with E-state index < -0.39 is 41.5 Å². The summed E-state index contributed by atoms with van der Waals surface area (Å²) in [5.74, 6) is -5.57. The molecule has 1 saturated heterocycles. The lowest BCUT2D eigenvalue weighted by molar-refractivity contribution is -0.138. The van der Waals surface area contributed by atoms with Crippen molar-refractivity contribution in [3.8, 4) is 5.75 Å². The van der Waals surface area contributed by atoms with E-state index in [2.05, 4.69) is 15.2 Å². The number of aryl methyl sites for hydroxylation is 1. The summed E-state index contributed by atoms with van der Waals surface area (Å²) in [6.07, 6.45) is 0.716. The molecule has 44 heavy (non-hydrogen) atoms. The number of carbonyl (C=O) groups is 5.